The van der Waals surface area contributed by atoms with Crippen molar-refractivity contribution < 1.29 is 4.79 Å². The van der Waals surface area contributed by atoms with Gasteiger partial charge in [-0.15, -0.1) is 0 Å². The summed E-state index contributed by atoms with van der Waals surface area (Å²) in [5, 5.41) is 0.581. The monoisotopic (exact) mass is 301 g/mol. The average Bonchev–Trinajstić information content (AvgIpc) is 2.67. The molecule has 86 valence electrons. The minimum absolute atomic E-state index is 0.0828. The molecule has 2 rings (SSSR count). The maximum Gasteiger partial charge on any atom is 0.254 e. The molecular formula is C12H13BrClNO. The van der Waals surface area contributed by atoms with Gasteiger partial charge in [0.15, 0.2) is 0 Å². The quantitative estimate of drug-likeness (QED) is 0.774. The minimum Gasteiger partial charge on any atom is -0.336 e. The number of halogens is 2. The van der Waals surface area contributed by atoms with Gasteiger partial charge in [-0.25, -0.2) is 0 Å². The van der Waals surface area contributed by atoms with E-state index in [1.807, 2.05) is 17.0 Å². The van der Waals surface area contributed by atoms with Crippen LogP contribution in [0.2, 0.25) is 5.02 Å². The molecule has 1 aliphatic rings. The molecule has 1 aromatic rings. The molecule has 1 saturated heterocycles. The fourth-order valence-corrected chi connectivity index (χ4v) is 2.46. The lowest BCUT2D eigenvalue weighted by Crippen LogP contribution is -2.33. The Labute approximate surface area is 109 Å². The van der Waals surface area contributed by atoms with Gasteiger partial charge in [0, 0.05) is 22.6 Å². The minimum atomic E-state index is 0.0828. The third-order valence-electron chi connectivity index (χ3n) is 2.98. The number of hydrogen-bond acceptors (Lipinski definition) is 1. The highest BCUT2D eigenvalue weighted by Gasteiger charge is 2.26. The highest BCUT2D eigenvalue weighted by molar-refractivity contribution is 9.10. The van der Waals surface area contributed by atoms with E-state index in [0.717, 1.165) is 23.9 Å². The lowest BCUT2D eigenvalue weighted by molar-refractivity contribution is 0.0747. The van der Waals surface area contributed by atoms with Crippen molar-refractivity contribution in [1.82, 2.24) is 4.90 Å². The van der Waals surface area contributed by atoms with Gasteiger partial charge in [-0.05, 0) is 53.9 Å². The first-order valence-electron chi connectivity index (χ1n) is 5.35. The largest absolute Gasteiger partial charge is 0.336 e. The summed E-state index contributed by atoms with van der Waals surface area (Å²) in [5.41, 5.74) is 0.668. The van der Waals surface area contributed by atoms with Gasteiger partial charge in [0.2, 0.25) is 0 Å². The molecule has 1 unspecified atom stereocenters. The molecule has 16 heavy (non-hydrogen) atoms. The second-order valence-electron chi connectivity index (χ2n) is 4.12. The Hall–Kier alpha value is -0.540. The number of hydrogen-bond donors (Lipinski definition) is 0. The molecule has 0 aliphatic carbocycles. The van der Waals surface area contributed by atoms with Crippen LogP contribution < -0.4 is 0 Å². The first-order valence-corrected chi connectivity index (χ1v) is 6.52. The molecule has 0 bridgehead atoms. The maximum atomic E-state index is 12.2. The summed E-state index contributed by atoms with van der Waals surface area (Å²) >= 11 is 9.30. The normalized spacial score (nSPS) is 20.2. The standard InChI is InChI=1S/C12H13BrClNO/c1-8-3-2-6-15(8)12(16)9-4-5-10(13)11(14)7-9/h4-5,7-8H,2-3,6H2,1H3. The molecule has 4 heteroatoms. The smallest absolute Gasteiger partial charge is 0.254 e. The first kappa shape index (κ1) is 11.9. The number of carbonyl (C=O) groups excluding carboxylic acids is 1. The molecular weight excluding hydrogens is 289 g/mol. The summed E-state index contributed by atoms with van der Waals surface area (Å²) in [6.07, 6.45) is 2.19. The van der Waals surface area contributed by atoms with Gasteiger partial charge in [0.1, 0.15) is 0 Å². The van der Waals surface area contributed by atoms with Crippen molar-refractivity contribution in [2.24, 2.45) is 0 Å². The highest BCUT2D eigenvalue weighted by atomic mass is 79.9. The van der Waals surface area contributed by atoms with Crippen LogP contribution in [0.25, 0.3) is 0 Å². The van der Waals surface area contributed by atoms with E-state index < -0.39 is 0 Å². The Morgan fingerprint density at radius 1 is 1.56 bits per heavy atom. The molecule has 0 spiro atoms. The second kappa shape index (κ2) is 4.76. The van der Waals surface area contributed by atoms with E-state index in [9.17, 15) is 4.79 Å². The molecule has 1 heterocycles. The number of benzene rings is 1. The summed E-state index contributed by atoms with van der Waals surface area (Å²) in [6, 6.07) is 5.69. The van der Waals surface area contributed by atoms with Gasteiger partial charge in [-0.1, -0.05) is 11.6 Å². The van der Waals surface area contributed by atoms with E-state index in [2.05, 4.69) is 22.9 Å². The topological polar surface area (TPSA) is 20.3 Å². The molecule has 1 aromatic carbocycles. The van der Waals surface area contributed by atoms with Gasteiger partial charge in [0.05, 0.1) is 5.02 Å². The van der Waals surface area contributed by atoms with Crippen molar-refractivity contribution in [1.29, 1.82) is 0 Å². The fraction of sp³-hybridized carbons (Fsp3) is 0.417. The van der Waals surface area contributed by atoms with Crippen LogP contribution in [0, 0.1) is 0 Å². The molecule has 2 nitrogen and oxygen atoms in total. The summed E-state index contributed by atoms with van der Waals surface area (Å²) in [7, 11) is 0. The Bertz CT molecular complexity index is 421. The van der Waals surface area contributed by atoms with Crippen molar-refractivity contribution in [3.8, 4) is 0 Å². The Balaban J connectivity index is 2.23. The van der Waals surface area contributed by atoms with Crippen molar-refractivity contribution in [2.75, 3.05) is 6.54 Å². The SMILES string of the molecule is CC1CCCN1C(=O)c1ccc(Br)c(Cl)c1. The summed E-state index contributed by atoms with van der Waals surface area (Å²) < 4.78 is 0.820. The first-order chi connectivity index (χ1) is 7.59. The zero-order valence-electron chi connectivity index (χ0n) is 9.04. The number of likely N-dealkylation sites (tertiary alicyclic amines) is 1. The molecule has 1 amide bonds. The Kier molecular flexibility index (Phi) is 3.55. The van der Waals surface area contributed by atoms with E-state index in [4.69, 9.17) is 11.6 Å². The molecule has 1 fully saturated rings. The van der Waals surface area contributed by atoms with Crippen molar-refractivity contribution >= 4 is 33.4 Å². The fourth-order valence-electron chi connectivity index (χ4n) is 2.03. The van der Waals surface area contributed by atoms with Gasteiger partial charge < -0.3 is 4.90 Å². The molecule has 0 saturated carbocycles. The van der Waals surface area contributed by atoms with E-state index in [0.29, 0.717) is 16.6 Å². The van der Waals surface area contributed by atoms with E-state index in [1.54, 1.807) is 6.07 Å². The van der Waals surface area contributed by atoms with Gasteiger partial charge in [-0.2, -0.15) is 0 Å². The van der Waals surface area contributed by atoms with Gasteiger partial charge in [0.25, 0.3) is 5.91 Å². The summed E-state index contributed by atoms with van der Waals surface area (Å²) in [4.78, 5) is 14.1. The zero-order chi connectivity index (χ0) is 11.7. The number of carbonyl (C=O) groups is 1. The molecule has 0 N–H and O–H groups in total. The number of rotatable bonds is 1. The van der Waals surface area contributed by atoms with E-state index in [-0.39, 0.29) is 5.91 Å². The maximum absolute atomic E-state index is 12.2. The van der Waals surface area contributed by atoms with Gasteiger partial charge in [-0.3, -0.25) is 4.79 Å². The third-order valence-corrected chi connectivity index (χ3v) is 4.21. The lowest BCUT2D eigenvalue weighted by Gasteiger charge is -2.21. The van der Waals surface area contributed by atoms with Crippen LogP contribution in [0.15, 0.2) is 22.7 Å². The lowest BCUT2D eigenvalue weighted by atomic mass is 10.2. The number of nitrogens with zero attached hydrogens (tertiary/aromatic N) is 1. The van der Waals surface area contributed by atoms with E-state index >= 15 is 0 Å². The third kappa shape index (κ3) is 2.25. The van der Waals surface area contributed by atoms with Crippen LogP contribution in [0.5, 0.6) is 0 Å². The number of amides is 1. The van der Waals surface area contributed by atoms with Crippen LogP contribution in [0.3, 0.4) is 0 Å². The van der Waals surface area contributed by atoms with Crippen LogP contribution in [0.4, 0.5) is 0 Å². The summed E-state index contributed by atoms with van der Waals surface area (Å²) in [6.45, 7) is 2.94. The van der Waals surface area contributed by atoms with Crippen LogP contribution in [0.1, 0.15) is 30.1 Å². The van der Waals surface area contributed by atoms with Crippen LogP contribution in [-0.2, 0) is 0 Å². The Morgan fingerprint density at radius 2 is 2.31 bits per heavy atom. The average molecular weight is 303 g/mol. The predicted molar refractivity (Wildman–Crippen MR) is 68.9 cm³/mol. The van der Waals surface area contributed by atoms with Crippen LogP contribution >= 0.6 is 27.5 Å². The van der Waals surface area contributed by atoms with Crippen molar-refractivity contribution in [3.05, 3.63) is 33.3 Å². The zero-order valence-corrected chi connectivity index (χ0v) is 11.4. The van der Waals surface area contributed by atoms with E-state index in [1.165, 1.54) is 0 Å². The second-order valence-corrected chi connectivity index (χ2v) is 5.38. The Morgan fingerprint density at radius 3 is 2.88 bits per heavy atom. The van der Waals surface area contributed by atoms with Crippen molar-refractivity contribution in [3.63, 3.8) is 0 Å². The molecule has 0 radical (unpaired) electrons. The molecule has 1 atom stereocenters. The highest BCUT2D eigenvalue weighted by Crippen LogP contribution is 2.25. The molecule has 1 aliphatic heterocycles. The molecule has 0 aromatic heterocycles. The van der Waals surface area contributed by atoms with Gasteiger partial charge >= 0.3 is 0 Å². The van der Waals surface area contributed by atoms with Crippen molar-refractivity contribution in [2.45, 2.75) is 25.8 Å². The summed E-state index contributed by atoms with van der Waals surface area (Å²) in [5.74, 6) is 0.0828. The van der Waals surface area contributed by atoms with Crippen LogP contribution in [-0.4, -0.2) is 23.4 Å². The predicted octanol–water partition coefficient (Wildman–Crippen LogP) is 3.73.